The van der Waals surface area contributed by atoms with Gasteiger partial charge in [-0.3, -0.25) is 4.98 Å². The molecule has 10 heavy (non-hydrogen) atoms. The van der Waals surface area contributed by atoms with Crippen molar-refractivity contribution in [3.63, 3.8) is 0 Å². The molecule has 1 aromatic rings. The second kappa shape index (κ2) is 2.87. The third-order valence-electron chi connectivity index (χ3n) is 1.11. The molecule has 0 spiro atoms. The van der Waals surface area contributed by atoms with Gasteiger partial charge in [-0.15, -0.1) is 4.91 Å². The van der Waals surface area contributed by atoms with Gasteiger partial charge in [0, 0.05) is 6.20 Å². The van der Waals surface area contributed by atoms with Crippen molar-refractivity contribution in [1.82, 2.24) is 4.98 Å². The van der Waals surface area contributed by atoms with Gasteiger partial charge in [-0.1, -0.05) is 6.58 Å². The molecule has 0 saturated heterocycles. The lowest BCUT2D eigenvalue weighted by Gasteiger charge is -1.91. The summed E-state index contributed by atoms with van der Waals surface area (Å²) in [5.41, 5.74) is 0.856. The summed E-state index contributed by atoms with van der Waals surface area (Å²) in [6, 6.07) is 3.25. The van der Waals surface area contributed by atoms with Crippen molar-refractivity contribution < 1.29 is 0 Å². The fourth-order valence-electron chi connectivity index (χ4n) is 0.643. The van der Waals surface area contributed by atoms with Crippen molar-refractivity contribution in [1.29, 1.82) is 0 Å². The van der Waals surface area contributed by atoms with E-state index in [2.05, 4.69) is 16.7 Å². The first kappa shape index (κ1) is 6.61. The van der Waals surface area contributed by atoms with Crippen LogP contribution < -0.4 is 0 Å². The van der Waals surface area contributed by atoms with Crippen molar-refractivity contribution in [2.45, 2.75) is 0 Å². The molecule has 1 aromatic heterocycles. The van der Waals surface area contributed by atoms with Gasteiger partial charge in [-0.25, -0.2) is 0 Å². The first-order valence-electron chi connectivity index (χ1n) is 2.79. The van der Waals surface area contributed by atoms with Crippen LogP contribution >= 0.6 is 0 Å². The molecule has 1 rings (SSSR count). The summed E-state index contributed by atoms with van der Waals surface area (Å²) < 4.78 is 0. The number of pyridine rings is 1. The first-order valence-corrected chi connectivity index (χ1v) is 2.79. The van der Waals surface area contributed by atoms with Gasteiger partial charge in [-0.2, -0.15) is 0 Å². The minimum absolute atomic E-state index is 0.331. The molecule has 0 atom stereocenters. The normalized spacial score (nSPS) is 8.80. The molecule has 0 aromatic carbocycles. The summed E-state index contributed by atoms with van der Waals surface area (Å²) in [6.45, 7) is 3.48. The van der Waals surface area contributed by atoms with Gasteiger partial charge >= 0.3 is 0 Å². The third kappa shape index (κ3) is 1.07. The zero-order valence-electron chi connectivity index (χ0n) is 5.32. The number of rotatable bonds is 2. The van der Waals surface area contributed by atoms with Crippen LogP contribution in [-0.2, 0) is 0 Å². The smallest absolute Gasteiger partial charge is 0.133 e. The Morgan fingerprint density at radius 1 is 1.70 bits per heavy atom. The number of hydrogen-bond donors (Lipinski definition) is 0. The van der Waals surface area contributed by atoms with E-state index >= 15 is 0 Å². The van der Waals surface area contributed by atoms with Crippen LogP contribution in [-0.4, -0.2) is 4.98 Å². The van der Waals surface area contributed by atoms with Gasteiger partial charge in [-0.05, 0) is 23.4 Å². The van der Waals surface area contributed by atoms with Crippen LogP contribution in [0, 0.1) is 4.91 Å². The molecule has 1 heterocycles. The highest BCUT2D eigenvalue weighted by Gasteiger charge is 1.95. The highest BCUT2D eigenvalue weighted by molar-refractivity contribution is 5.57. The van der Waals surface area contributed by atoms with E-state index in [4.69, 9.17) is 0 Å². The highest BCUT2D eigenvalue weighted by atomic mass is 16.3. The van der Waals surface area contributed by atoms with E-state index < -0.39 is 0 Å². The van der Waals surface area contributed by atoms with Gasteiger partial charge in [0.1, 0.15) is 5.69 Å². The Morgan fingerprint density at radius 3 is 3.00 bits per heavy atom. The highest BCUT2D eigenvalue weighted by Crippen LogP contribution is 2.15. The van der Waals surface area contributed by atoms with E-state index in [1.54, 1.807) is 18.3 Å². The van der Waals surface area contributed by atoms with Gasteiger partial charge in [0.2, 0.25) is 0 Å². The van der Waals surface area contributed by atoms with Crippen LogP contribution in [0.5, 0.6) is 0 Å². The van der Waals surface area contributed by atoms with Crippen molar-refractivity contribution in [3.05, 3.63) is 35.5 Å². The predicted molar refractivity (Wildman–Crippen MR) is 39.8 cm³/mol. The zero-order valence-corrected chi connectivity index (χ0v) is 5.32. The topological polar surface area (TPSA) is 42.3 Å². The molecule has 50 valence electrons. The Morgan fingerprint density at radius 2 is 2.50 bits per heavy atom. The maximum atomic E-state index is 10.0. The summed E-state index contributed by atoms with van der Waals surface area (Å²) in [5, 5.41) is 2.76. The SMILES string of the molecule is C=Cc1ncccc1N=O. The average Bonchev–Trinajstić information content (AvgIpc) is 2.04. The monoisotopic (exact) mass is 134 g/mol. The molecule has 0 fully saturated rings. The number of aromatic nitrogens is 1. The maximum absolute atomic E-state index is 10.0. The Hall–Kier alpha value is -1.51. The summed E-state index contributed by atoms with van der Waals surface area (Å²) >= 11 is 0. The van der Waals surface area contributed by atoms with Gasteiger partial charge < -0.3 is 0 Å². The minimum atomic E-state index is 0.331. The van der Waals surface area contributed by atoms with Crippen molar-refractivity contribution in [2.24, 2.45) is 5.18 Å². The lowest BCUT2D eigenvalue weighted by atomic mass is 10.3. The minimum Gasteiger partial charge on any atom is -0.255 e. The van der Waals surface area contributed by atoms with E-state index in [9.17, 15) is 4.91 Å². The zero-order chi connectivity index (χ0) is 7.40. The van der Waals surface area contributed by atoms with Gasteiger partial charge in [0.15, 0.2) is 0 Å². The van der Waals surface area contributed by atoms with Crippen LogP contribution in [0.3, 0.4) is 0 Å². The lowest BCUT2D eigenvalue weighted by molar-refractivity contribution is 1.27. The average molecular weight is 134 g/mol. The maximum Gasteiger partial charge on any atom is 0.133 e. The molecule has 0 bridgehead atoms. The molecule has 0 unspecified atom stereocenters. The number of nitroso groups, excluding NO2 is 1. The molecule has 0 aliphatic rings. The van der Waals surface area contributed by atoms with Gasteiger partial charge in [0.25, 0.3) is 0 Å². The molecule has 0 saturated carbocycles. The third-order valence-corrected chi connectivity index (χ3v) is 1.11. The van der Waals surface area contributed by atoms with Crippen LogP contribution in [0.15, 0.2) is 30.1 Å². The molecular weight excluding hydrogens is 128 g/mol. The Labute approximate surface area is 58.4 Å². The summed E-state index contributed by atoms with van der Waals surface area (Å²) in [4.78, 5) is 13.9. The lowest BCUT2D eigenvalue weighted by Crippen LogP contribution is -1.77. The molecule has 0 aliphatic heterocycles. The molecule has 0 amide bonds. The fourth-order valence-corrected chi connectivity index (χ4v) is 0.643. The quantitative estimate of drug-likeness (QED) is 0.581. The molecule has 3 nitrogen and oxygen atoms in total. The first-order chi connectivity index (χ1) is 4.88. The van der Waals surface area contributed by atoms with Crippen molar-refractivity contribution in [3.8, 4) is 0 Å². The fraction of sp³-hybridized carbons (Fsp3) is 0. The van der Waals surface area contributed by atoms with E-state index in [0.29, 0.717) is 11.4 Å². The molecule has 3 heteroatoms. The second-order valence-corrected chi connectivity index (χ2v) is 1.70. The van der Waals surface area contributed by atoms with E-state index in [0.717, 1.165) is 0 Å². The molecule has 0 N–H and O–H groups in total. The summed E-state index contributed by atoms with van der Waals surface area (Å²) in [5.74, 6) is 0. The van der Waals surface area contributed by atoms with Gasteiger partial charge in [0.05, 0.1) is 5.69 Å². The Balaban J connectivity index is 3.20. The number of hydrogen-bond acceptors (Lipinski definition) is 3. The van der Waals surface area contributed by atoms with Crippen molar-refractivity contribution >= 4 is 11.8 Å². The van der Waals surface area contributed by atoms with E-state index in [1.807, 2.05) is 0 Å². The standard InChI is InChI=1S/C7H6N2O/c1-2-6-7(9-10)4-3-5-8-6/h2-5H,1H2. The predicted octanol–water partition coefficient (Wildman–Crippen LogP) is 2.12. The van der Waals surface area contributed by atoms with Crippen LogP contribution in [0.25, 0.3) is 6.08 Å². The van der Waals surface area contributed by atoms with Crippen LogP contribution in [0.2, 0.25) is 0 Å². The Bertz CT molecular complexity index is 231. The molecule has 0 aliphatic carbocycles. The molecular formula is C7H6N2O. The van der Waals surface area contributed by atoms with E-state index in [-0.39, 0.29) is 0 Å². The summed E-state index contributed by atoms with van der Waals surface area (Å²) in [6.07, 6.45) is 3.09. The van der Waals surface area contributed by atoms with E-state index in [1.165, 1.54) is 6.08 Å². The van der Waals surface area contributed by atoms with Crippen LogP contribution in [0.4, 0.5) is 5.69 Å². The summed E-state index contributed by atoms with van der Waals surface area (Å²) in [7, 11) is 0. The molecule has 0 radical (unpaired) electrons. The number of nitrogens with zero attached hydrogens (tertiary/aromatic N) is 2. The van der Waals surface area contributed by atoms with Crippen molar-refractivity contribution in [2.75, 3.05) is 0 Å². The largest absolute Gasteiger partial charge is 0.255 e. The second-order valence-electron chi connectivity index (χ2n) is 1.70. The van der Waals surface area contributed by atoms with Crippen LogP contribution in [0.1, 0.15) is 5.69 Å². The Kier molecular flexibility index (Phi) is 1.89.